The van der Waals surface area contributed by atoms with Crippen LogP contribution in [0.4, 0.5) is 0 Å². The minimum Gasteiger partial charge on any atom is -0.469 e. The zero-order chi connectivity index (χ0) is 13.4. The SMILES string of the molecule is CC[C@@H](O)[C@@H](CNCc1ccccc1)C(=O)OC. The van der Waals surface area contributed by atoms with Crippen molar-refractivity contribution in [1.29, 1.82) is 0 Å². The van der Waals surface area contributed by atoms with E-state index in [-0.39, 0.29) is 5.97 Å². The lowest BCUT2D eigenvalue weighted by Gasteiger charge is -2.20. The second-order valence-corrected chi connectivity index (χ2v) is 4.22. The van der Waals surface area contributed by atoms with Crippen molar-refractivity contribution >= 4 is 5.97 Å². The molecule has 0 heterocycles. The molecule has 0 bridgehead atoms. The highest BCUT2D eigenvalue weighted by molar-refractivity contribution is 5.73. The number of ether oxygens (including phenoxy) is 1. The van der Waals surface area contributed by atoms with Gasteiger partial charge in [0.05, 0.1) is 19.1 Å². The minimum absolute atomic E-state index is 0.370. The molecule has 0 aliphatic rings. The van der Waals surface area contributed by atoms with Crippen molar-refractivity contribution in [2.45, 2.75) is 26.0 Å². The maximum atomic E-state index is 11.5. The number of aliphatic hydroxyl groups excluding tert-OH is 1. The predicted molar refractivity (Wildman–Crippen MR) is 70.0 cm³/mol. The molecule has 1 rings (SSSR count). The maximum absolute atomic E-state index is 11.5. The van der Waals surface area contributed by atoms with E-state index in [1.807, 2.05) is 37.3 Å². The van der Waals surface area contributed by atoms with Gasteiger partial charge in [-0.05, 0) is 12.0 Å². The van der Waals surface area contributed by atoms with E-state index in [9.17, 15) is 9.90 Å². The van der Waals surface area contributed by atoms with Gasteiger partial charge in [-0.3, -0.25) is 4.79 Å². The Hall–Kier alpha value is -1.39. The molecule has 0 aliphatic heterocycles. The normalized spacial score (nSPS) is 13.9. The topological polar surface area (TPSA) is 58.6 Å². The third-order valence-electron chi connectivity index (χ3n) is 2.92. The summed E-state index contributed by atoms with van der Waals surface area (Å²) < 4.78 is 4.70. The third kappa shape index (κ3) is 4.47. The Morgan fingerprint density at radius 3 is 2.61 bits per heavy atom. The molecule has 2 atom stereocenters. The summed E-state index contributed by atoms with van der Waals surface area (Å²) in [6.45, 7) is 2.93. The Bertz CT molecular complexity index is 353. The molecule has 0 amide bonds. The van der Waals surface area contributed by atoms with Crippen molar-refractivity contribution < 1.29 is 14.6 Å². The van der Waals surface area contributed by atoms with Gasteiger partial charge >= 0.3 is 5.97 Å². The summed E-state index contributed by atoms with van der Waals surface area (Å²) in [6, 6.07) is 9.92. The van der Waals surface area contributed by atoms with E-state index in [2.05, 4.69) is 5.32 Å². The van der Waals surface area contributed by atoms with Gasteiger partial charge in [-0.2, -0.15) is 0 Å². The first-order valence-electron chi connectivity index (χ1n) is 6.19. The average Bonchev–Trinajstić information content (AvgIpc) is 2.43. The average molecular weight is 251 g/mol. The molecular weight excluding hydrogens is 230 g/mol. The Balaban J connectivity index is 2.45. The van der Waals surface area contributed by atoms with E-state index < -0.39 is 12.0 Å². The molecule has 0 unspecified atom stereocenters. The van der Waals surface area contributed by atoms with Crippen LogP contribution in [0.25, 0.3) is 0 Å². The van der Waals surface area contributed by atoms with Crippen LogP contribution in [-0.2, 0) is 16.1 Å². The van der Waals surface area contributed by atoms with Gasteiger partial charge in [-0.25, -0.2) is 0 Å². The number of carbonyl (C=O) groups excluding carboxylic acids is 1. The highest BCUT2D eigenvalue weighted by Crippen LogP contribution is 2.09. The second-order valence-electron chi connectivity index (χ2n) is 4.22. The highest BCUT2D eigenvalue weighted by atomic mass is 16.5. The molecule has 0 aromatic heterocycles. The van der Waals surface area contributed by atoms with Crippen LogP contribution in [0, 0.1) is 5.92 Å². The lowest BCUT2D eigenvalue weighted by molar-refractivity contribution is -0.149. The molecule has 1 aromatic carbocycles. The van der Waals surface area contributed by atoms with E-state index >= 15 is 0 Å². The summed E-state index contributed by atoms with van der Waals surface area (Å²) in [5.74, 6) is -0.881. The minimum atomic E-state index is -0.666. The van der Waals surface area contributed by atoms with Gasteiger partial charge in [0.2, 0.25) is 0 Å². The van der Waals surface area contributed by atoms with E-state index in [0.717, 1.165) is 5.56 Å². The van der Waals surface area contributed by atoms with Crippen molar-refractivity contribution in [3.63, 3.8) is 0 Å². The third-order valence-corrected chi connectivity index (χ3v) is 2.92. The molecule has 2 N–H and O–H groups in total. The van der Waals surface area contributed by atoms with Crippen LogP contribution in [0.1, 0.15) is 18.9 Å². The molecule has 0 fully saturated rings. The largest absolute Gasteiger partial charge is 0.469 e. The van der Waals surface area contributed by atoms with Crippen LogP contribution in [0.15, 0.2) is 30.3 Å². The van der Waals surface area contributed by atoms with Crippen LogP contribution >= 0.6 is 0 Å². The fourth-order valence-corrected chi connectivity index (χ4v) is 1.78. The van der Waals surface area contributed by atoms with Crippen LogP contribution in [0.5, 0.6) is 0 Å². The standard InChI is InChI=1S/C14H21NO3/c1-3-13(16)12(14(17)18-2)10-15-9-11-7-5-4-6-8-11/h4-8,12-13,15-16H,3,9-10H2,1-2H3/t12-,13-/m1/s1. The van der Waals surface area contributed by atoms with Crippen molar-refractivity contribution in [2.24, 2.45) is 5.92 Å². The van der Waals surface area contributed by atoms with E-state index in [4.69, 9.17) is 4.74 Å². The Labute approximate surface area is 108 Å². The maximum Gasteiger partial charge on any atom is 0.312 e. The zero-order valence-electron chi connectivity index (χ0n) is 10.9. The summed E-state index contributed by atoms with van der Waals surface area (Å²) in [5.41, 5.74) is 1.15. The number of hydrogen-bond donors (Lipinski definition) is 2. The summed E-state index contributed by atoms with van der Waals surface area (Å²) in [4.78, 5) is 11.5. The van der Waals surface area contributed by atoms with Gasteiger partial charge < -0.3 is 15.2 Å². The first-order chi connectivity index (χ1) is 8.69. The number of rotatable bonds is 7. The Kier molecular flexibility index (Phi) is 6.39. The first-order valence-corrected chi connectivity index (χ1v) is 6.19. The summed E-state index contributed by atoms with van der Waals surface area (Å²) in [6.07, 6.45) is -0.131. The van der Waals surface area contributed by atoms with E-state index in [1.54, 1.807) is 0 Å². The van der Waals surface area contributed by atoms with Crippen molar-refractivity contribution in [1.82, 2.24) is 5.32 Å². The number of methoxy groups -OCH3 is 1. The molecule has 18 heavy (non-hydrogen) atoms. The number of hydrogen-bond acceptors (Lipinski definition) is 4. The van der Waals surface area contributed by atoms with Crippen LogP contribution in [-0.4, -0.2) is 30.8 Å². The monoisotopic (exact) mass is 251 g/mol. The molecule has 4 nitrogen and oxygen atoms in total. The van der Waals surface area contributed by atoms with Gasteiger partial charge in [0.25, 0.3) is 0 Å². The Morgan fingerprint density at radius 1 is 1.39 bits per heavy atom. The predicted octanol–water partition coefficient (Wildman–Crippen LogP) is 1.34. The smallest absolute Gasteiger partial charge is 0.312 e. The van der Waals surface area contributed by atoms with E-state index in [0.29, 0.717) is 19.5 Å². The first kappa shape index (κ1) is 14.7. The molecule has 0 aliphatic carbocycles. The van der Waals surface area contributed by atoms with Crippen molar-refractivity contribution in [3.05, 3.63) is 35.9 Å². The van der Waals surface area contributed by atoms with Gasteiger partial charge in [0.15, 0.2) is 0 Å². The number of aliphatic hydroxyl groups is 1. The quantitative estimate of drug-likeness (QED) is 0.718. The number of esters is 1. The van der Waals surface area contributed by atoms with Crippen LogP contribution < -0.4 is 5.32 Å². The molecule has 100 valence electrons. The van der Waals surface area contributed by atoms with Gasteiger partial charge in [0, 0.05) is 13.1 Å². The Morgan fingerprint density at radius 2 is 2.06 bits per heavy atom. The van der Waals surface area contributed by atoms with Gasteiger partial charge in [-0.1, -0.05) is 37.3 Å². The van der Waals surface area contributed by atoms with Gasteiger partial charge in [-0.15, -0.1) is 0 Å². The molecule has 1 aromatic rings. The van der Waals surface area contributed by atoms with Crippen LogP contribution in [0.3, 0.4) is 0 Å². The molecule has 0 spiro atoms. The summed E-state index contributed by atoms with van der Waals surface area (Å²) in [7, 11) is 1.34. The highest BCUT2D eigenvalue weighted by Gasteiger charge is 2.25. The van der Waals surface area contributed by atoms with Crippen molar-refractivity contribution in [3.8, 4) is 0 Å². The fourth-order valence-electron chi connectivity index (χ4n) is 1.78. The molecule has 0 saturated carbocycles. The number of nitrogens with one attached hydrogen (secondary N) is 1. The number of benzene rings is 1. The van der Waals surface area contributed by atoms with Crippen molar-refractivity contribution in [2.75, 3.05) is 13.7 Å². The summed E-state index contributed by atoms with van der Waals surface area (Å²) in [5, 5.41) is 12.9. The molecule has 4 heteroatoms. The second kappa shape index (κ2) is 7.84. The molecular formula is C14H21NO3. The molecule has 0 radical (unpaired) electrons. The van der Waals surface area contributed by atoms with E-state index in [1.165, 1.54) is 7.11 Å². The number of carbonyl (C=O) groups is 1. The summed E-state index contributed by atoms with van der Waals surface area (Å²) >= 11 is 0. The lowest BCUT2D eigenvalue weighted by Crippen LogP contribution is -2.37. The van der Waals surface area contributed by atoms with Gasteiger partial charge in [0.1, 0.15) is 0 Å². The molecule has 0 saturated heterocycles. The zero-order valence-corrected chi connectivity index (χ0v) is 10.9. The van der Waals surface area contributed by atoms with Crippen LogP contribution in [0.2, 0.25) is 0 Å². The lowest BCUT2D eigenvalue weighted by atomic mass is 10.0. The fraction of sp³-hybridized carbons (Fsp3) is 0.500.